The van der Waals surface area contributed by atoms with Crippen molar-refractivity contribution in [1.29, 1.82) is 0 Å². The van der Waals surface area contributed by atoms with E-state index in [0.717, 1.165) is 9.87 Å². The summed E-state index contributed by atoms with van der Waals surface area (Å²) >= 11 is 12.5. The molecule has 41 heavy (non-hydrogen) atoms. The maximum absolute atomic E-state index is 14.1. The van der Waals surface area contributed by atoms with Crippen LogP contribution in [-0.2, 0) is 26.2 Å². The number of nitrogens with one attached hydrogen (secondary N) is 1. The fourth-order valence-electron chi connectivity index (χ4n) is 4.10. The van der Waals surface area contributed by atoms with Gasteiger partial charge in [-0.3, -0.25) is 13.9 Å². The summed E-state index contributed by atoms with van der Waals surface area (Å²) in [7, 11) is -2.88. The number of benzene rings is 3. The van der Waals surface area contributed by atoms with Crippen LogP contribution < -0.4 is 14.4 Å². The summed E-state index contributed by atoms with van der Waals surface area (Å²) in [5.41, 5.74) is 1.08. The molecule has 0 aliphatic carbocycles. The zero-order valence-corrected chi connectivity index (χ0v) is 26.3. The number of sulfonamides is 1. The number of methoxy groups -OCH3 is 1. The Bertz CT molecular complexity index is 1510. The Morgan fingerprint density at radius 1 is 0.976 bits per heavy atom. The number of nitrogens with zero attached hydrogens (tertiary/aromatic N) is 2. The minimum absolute atomic E-state index is 0.0159. The molecule has 0 fully saturated rings. The normalized spacial score (nSPS) is 12.4. The second-order valence-corrected chi connectivity index (χ2v) is 13.4. The highest BCUT2D eigenvalue weighted by Gasteiger charge is 2.34. The van der Waals surface area contributed by atoms with Gasteiger partial charge in [-0.05, 0) is 82.6 Å². The Morgan fingerprint density at radius 2 is 1.61 bits per heavy atom. The van der Waals surface area contributed by atoms with E-state index in [1.54, 1.807) is 49.4 Å². The number of carbonyl (C=O) groups excluding carboxylic acids is 2. The molecule has 3 aromatic carbocycles. The van der Waals surface area contributed by atoms with Gasteiger partial charge in [0.15, 0.2) is 0 Å². The first-order chi connectivity index (χ1) is 19.1. The topological polar surface area (TPSA) is 96.0 Å². The number of anilines is 1. The largest absolute Gasteiger partial charge is 0.495 e. The second-order valence-electron chi connectivity index (χ2n) is 10.7. The molecule has 1 N–H and O–H groups in total. The summed E-state index contributed by atoms with van der Waals surface area (Å²) in [6.45, 7) is 8.34. The van der Waals surface area contributed by atoms with Crippen molar-refractivity contribution in [2.24, 2.45) is 0 Å². The number of rotatable bonds is 10. The Hall–Kier alpha value is -3.27. The van der Waals surface area contributed by atoms with Gasteiger partial charge in [0, 0.05) is 22.1 Å². The summed E-state index contributed by atoms with van der Waals surface area (Å²) in [6, 6.07) is 16.8. The number of aryl methyl sites for hydroxylation is 1. The fourth-order valence-corrected chi connectivity index (χ4v) is 5.89. The maximum atomic E-state index is 14.1. The van der Waals surface area contributed by atoms with Crippen LogP contribution in [0.3, 0.4) is 0 Å². The number of hydrogen-bond donors (Lipinski definition) is 1. The number of hydrogen-bond acceptors (Lipinski definition) is 5. The van der Waals surface area contributed by atoms with E-state index in [9.17, 15) is 18.0 Å². The zero-order valence-electron chi connectivity index (χ0n) is 23.9. The van der Waals surface area contributed by atoms with Gasteiger partial charge in [-0.15, -0.1) is 0 Å². The van der Waals surface area contributed by atoms with Crippen LogP contribution in [0.25, 0.3) is 0 Å². The van der Waals surface area contributed by atoms with Crippen LogP contribution in [0.4, 0.5) is 5.69 Å². The van der Waals surface area contributed by atoms with Gasteiger partial charge < -0.3 is 15.0 Å². The van der Waals surface area contributed by atoms with E-state index in [-0.39, 0.29) is 33.8 Å². The Labute approximate surface area is 252 Å². The molecule has 0 aliphatic heterocycles. The molecular weight excluding hydrogens is 585 g/mol. The van der Waals surface area contributed by atoms with Crippen LogP contribution in [-0.4, -0.2) is 50.4 Å². The number of ether oxygens (including phenoxy) is 1. The third kappa shape index (κ3) is 8.38. The summed E-state index contributed by atoms with van der Waals surface area (Å²) in [5, 5.41) is 3.62. The van der Waals surface area contributed by atoms with Gasteiger partial charge in [-0.2, -0.15) is 0 Å². The lowest BCUT2D eigenvalue weighted by Crippen LogP contribution is -2.54. The van der Waals surface area contributed by atoms with Crippen LogP contribution in [0.5, 0.6) is 5.75 Å². The van der Waals surface area contributed by atoms with Gasteiger partial charge in [0.25, 0.3) is 10.0 Å². The quantitative estimate of drug-likeness (QED) is 0.308. The van der Waals surface area contributed by atoms with Crippen molar-refractivity contribution in [3.63, 3.8) is 0 Å². The summed E-state index contributed by atoms with van der Waals surface area (Å²) in [5.74, 6) is -0.793. The average molecular weight is 621 g/mol. The maximum Gasteiger partial charge on any atom is 0.264 e. The van der Waals surface area contributed by atoms with Gasteiger partial charge in [0.05, 0.1) is 17.7 Å². The SMILES string of the molecule is COc1ccc(Cl)cc1N(CC(=O)N(Cc1cccc(Cl)c1)[C@@H](C)C(=O)NC(C)(C)C)S(=O)(=O)c1ccc(C)cc1. The Kier molecular flexibility index (Phi) is 10.3. The van der Waals surface area contributed by atoms with Gasteiger partial charge in [0.2, 0.25) is 11.8 Å². The second kappa shape index (κ2) is 13.1. The van der Waals surface area contributed by atoms with E-state index in [2.05, 4.69) is 5.32 Å². The van der Waals surface area contributed by atoms with Crippen molar-refractivity contribution < 1.29 is 22.7 Å². The average Bonchev–Trinajstić information content (AvgIpc) is 2.89. The number of halogens is 2. The molecule has 0 aromatic heterocycles. The van der Waals surface area contributed by atoms with Crippen molar-refractivity contribution in [2.75, 3.05) is 18.0 Å². The lowest BCUT2D eigenvalue weighted by molar-refractivity contribution is -0.140. The highest BCUT2D eigenvalue weighted by Crippen LogP contribution is 2.35. The molecule has 0 spiro atoms. The first-order valence-corrected chi connectivity index (χ1v) is 15.1. The first kappa shape index (κ1) is 32.2. The predicted molar refractivity (Wildman–Crippen MR) is 163 cm³/mol. The van der Waals surface area contributed by atoms with E-state index >= 15 is 0 Å². The third-order valence-corrected chi connectivity index (χ3v) is 8.45. The van der Waals surface area contributed by atoms with E-state index in [1.165, 1.54) is 36.3 Å². The lowest BCUT2D eigenvalue weighted by Gasteiger charge is -2.33. The Balaban J connectivity index is 2.11. The summed E-state index contributed by atoms with van der Waals surface area (Å²) < 4.78 is 34.5. The Morgan fingerprint density at radius 3 is 2.20 bits per heavy atom. The molecule has 0 saturated carbocycles. The van der Waals surface area contributed by atoms with Crippen LogP contribution in [0.15, 0.2) is 71.6 Å². The molecule has 0 aliphatic rings. The van der Waals surface area contributed by atoms with Crippen LogP contribution in [0.1, 0.15) is 38.8 Å². The van der Waals surface area contributed by atoms with E-state index in [1.807, 2.05) is 27.7 Å². The van der Waals surface area contributed by atoms with Gasteiger partial charge in [0.1, 0.15) is 18.3 Å². The molecule has 11 heteroatoms. The molecule has 1 atom stereocenters. The van der Waals surface area contributed by atoms with Crippen molar-refractivity contribution in [3.05, 3.63) is 87.9 Å². The zero-order chi connectivity index (χ0) is 30.5. The van der Waals surface area contributed by atoms with Gasteiger partial charge in [-0.25, -0.2) is 8.42 Å². The van der Waals surface area contributed by atoms with Gasteiger partial charge in [-0.1, -0.05) is 53.0 Å². The van der Waals surface area contributed by atoms with Crippen molar-refractivity contribution in [1.82, 2.24) is 10.2 Å². The summed E-state index contributed by atoms with van der Waals surface area (Å²) in [4.78, 5) is 28.6. The molecule has 2 amide bonds. The van der Waals surface area contributed by atoms with E-state index in [0.29, 0.717) is 10.6 Å². The van der Waals surface area contributed by atoms with Crippen molar-refractivity contribution in [3.8, 4) is 5.75 Å². The lowest BCUT2D eigenvalue weighted by atomic mass is 10.1. The van der Waals surface area contributed by atoms with E-state index < -0.39 is 34.1 Å². The first-order valence-electron chi connectivity index (χ1n) is 12.9. The van der Waals surface area contributed by atoms with Crippen LogP contribution >= 0.6 is 23.2 Å². The van der Waals surface area contributed by atoms with E-state index in [4.69, 9.17) is 27.9 Å². The third-order valence-electron chi connectivity index (χ3n) is 6.20. The molecule has 220 valence electrons. The number of amides is 2. The minimum atomic E-state index is -4.28. The minimum Gasteiger partial charge on any atom is -0.495 e. The fraction of sp³-hybridized carbons (Fsp3) is 0.333. The van der Waals surface area contributed by atoms with Crippen molar-refractivity contribution in [2.45, 2.75) is 57.6 Å². The highest BCUT2D eigenvalue weighted by molar-refractivity contribution is 7.92. The predicted octanol–water partition coefficient (Wildman–Crippen LogP) is 5.84. The van der Waals surface area contributed by atoms with Crippen LogP contribution in [0, 0.1) is 6.92 Å². The standard InChI is InChI=1S/C30H35Cl2N3O5S/c1-20-10-13-25(14-11-20)41(38,39)35(26-17-24(32)12-15-27(26)40-6)19-28(36)34(18-22-8-7-9-23(31)16-22)21(2)29(37)33-30(3,4)5/h7-17,21H,18-19H2,1-6H3,(H,33,37)/t21-/m0/s1. The molecule has 0 bridgehead atoms. The highest BCUT2D eigenvalue weighted by atomic mass is 35.5. The molecule has 3 aromatic rings. The van der Waals surface area contributed by atoms with Crippen molar-refractivity contribution >= 4 is 50.7 Å². The molecule has 3 rings (SSSR count). The molecule has 8 nitrogen and oxygen atoms in total. The summed E-state index contributed by atoms with van der Waals surface area (Å²) in [6.07, 6.45) is 0. The smallest absolute Gasteiger partial charge is 0.264 e. The van der Waals surface area contributed by atoms with Gasteiger partial charge >= 0.3 is 0 Å². The number of carbonyl (C=O) groups is 2. The molecular formula is C30H35Cl2N3O5S. The molecule has 0 heterocycles. The molecule has 0 unspecified atom stereocenters. The molecule has 0 saturated heterocycles. The van der Waals surface area contributed by atoms with Crippen LogP contribution in [0.2, 0.25) is 10.0 Å². The molecule has 0 radical (unpaired) electrons. The monoisotopic (exact) mass is 619 g/mol.